The average Bonchev–Trinajstić information content (AvgIpc) is 2.41. The summed E-state index contributed by atoms with van der Waals surface area (Å²) in [5, 5.41) is 3.14. The molecular weight excluding hydrogens is 318 g/mol. The molecule has 0 spiro atoms. The summed E-state index contributed by atoms with van der Waals surface area (Å²) in [7, 11) is 0. The third-order valence-corrected chi connectivity index (χ3v) is 4.51. The van der Waals surface area contributed by atoms with E-state index in [0.29, 0.717) is 12.3 Å². The van der Waals surface area contributed by atoms with Gasteiger partial charge >= 0.3 is 0 Å². The van der Waals surface area contributed by atoms with Crippen LogP contribution >= 0.6 is 15.9 Å². The number of amides is 1. The summed E-state index contributed by atoms with van der Waals surface area (Å²) in [4.78, 5) is 12.1. The molecule has 20 heavy (non-hydrogen) atoms. The van der Waals surface area contributed by atoms with Gasteiger partial charge < -0.3 is 10.1 Å². The summed E-state index contributed by atoms with van der Waals surface area (Å²) < 4.78 is 6.72. The summed E-state index contributed by atoms with van der Waals surface area (Å²) in [5.74, 6) is 0.587. The highest BCUT2D eigenvalue weighted by atomic mass is 79.9. The Morgan fingerprint density at radius 2 is 2.20 bits per heavy atom. The van der Waals surface area contributed by atoms with E-state index in [1.54, 1.807) is 0 Å². The lowest BCUT2D eigenvalue weighted by molar-refractivity contribution is -0.122. The predicted molar refractivity (Wildman–Crippen MR) is 83.6 cm³/mol. The number of ether oxygens (including phenoxy) is 1. The van der Waals surface area contributed by atoms with E-state index >= 15 is 0 Å². The lowest BCUT2D eigenvalue weighted by Gasteiger charge is -2.32. The first kappa shape index (κ1) is 15.5. The van der Waals surface area contributed by atoms with Gasteiger partial charge in [-0.05, 0) is 30.4 Å². The minimum Gasteiger partial charge on any atom is -0.378 e. The van der Waals surface area contributed by atoms with E-state index in [-0.39, 0.29) is 18.1 Å². The van der Waals surface area contributed by atoms with Crippen molar-refractivity contribution in [2.24, 2.45) is 5.92 Å². The lowest BCUT2D eigenvalue weighted by atomic mass is 9.95. The van der Waals surface area contributed by atoms with Crippen LogP contribution in [0.5, 0.6) is 0 Å². The molecule has 2 rings (SSSR count). The molecule has 1 aliphatic heterocycles. The van der Waals surface area contributed by atoms with Crippen LogP contribution in [0.1, 0.15) is 32.3 Å². The van der Waals surface area contributed by atoms with Gasteiger partial charge in [-0.3, -0.25) is 4.79 Å². The van der Waals surface area contributed by atoms with Crippen molar-refractivity contribution in [1.29, 1.82) is 0 Å². The third kappa shape index (κ3) is 4.32. The van der Waals surface area contributed by atoms with Crippen LogP contribution in [0.3, 0.4) is 0 Å². The van der Waals surface area contributed by atoms with Gasteiger partial charge in [0, 0.05) is 17.1 Å². The van der Waals surface area contributed by atoms with Crippen molar-refractivity contribution in [3.05, 3.63) is 34.3 Å². The minimum absolute atomic E-state index is 0.0892. The van der Waals surface area contributed by atoms with Gasteiger partial charge in [-0.1, -0.05) is 48.0 Å². The van der Waals surface area contributed by atoms with Crippen molar-refractivity contribution >= 4 is 21.8 Å². The van der Waals surface area contributed by atoms with Crippen molar-refractivity contribution in [1.82, 2.24) is 5.32 Å². The maximum Gasteiger partial charge on any atom is 0.224 e. The number of benzene rings is 1. The van der Waals surface area contributed by atoms with Crippen LogP contribution in [-0.2, 0) is 16.0 Å². The van der Waals surface area contributed by atoms with Crippen LogP contribution in [0.25, 0.3) is 0 Å². The maximum atomic E-state index is 12.1. The Bertz CT molecular complexity index is 462. The van der Waals surface area contributed by atoms with E-state index in [1.807, 2.05) is 24.3 Å². The fourth-order valence-electron chi connectivity index (χ4n) is 2.52. The second-order valence-electron chi connectivity index (χ2n) is 5.71. The second-order valence-corrected chi connectivity index (χ2v) is 6.56. The molecule has 110 valence electrons. The summed E-state index contributed by atoms with van der Waals surface area (Å²) in [6.45, 7) is 5.06. The van der Waals surface area contributed by atoms with Gasteiger partial charge in [-0.15, -0.1) is 0 Å². The Morgan fingerprint density at radius 3 is 2.90 bits per heavy atom. The summed E-state index contributed by atoms with van der Waals surface area (Å²) in [6, 6.07) is 8.09. The molecule has 1 N–H and O–H groups in total. The maximum absolute atomic E-state index is 12.1. The van der Waals surface area contributed by atoms with E-state index in [0.717, 1.165) is 29.5 Å². The molecule has 0 radical (unpaired) electrons. The molecule has 1 aromatic carbocycles. The molecule has 1 amide bonds. The van der Waals surface area contributed by atoms with Gasteiger partial charge in [-0.2, -0.15) is 0 Å². The molecule has 1 aliphatic rings. The SMILES string of the molecule is CC(C)[C@H]1C[C@H](NC(=O)Cc2ccccc2Br)CCO1. The van der Waals surface area contributed by atoms with Crippen molar-refractivity contribution in [3.8, 4) is 0 Å². The lowest BCUT2D eigenvalue weighted by Crippen LogP contribution is -2.43. The molecule has 0 aromatic heterocycles. The highest BCUT2D eigenvalue weighted by Crippen LogP contribution is 2.21. The fourth-order valence-corrected chi connectivity index (χ4v) is 2.94. The van der Waals surface area contributed by atoms with Gasteiger partial charge in [0.1, 0.15) is 0 Å². The van der Waals surface area contributed by atoms with E-state index < -0.39 is 0 Å². The standard InChI is InChI=1S/C16H22BrNO2/c1-11(2)15-10-13(7-8-20-15)18-16(19)9-12-5-3-4-6-14(12)17/h3-6,11,13,15H,7-10H2,1-2H3,(H,18,19)/t13-,15-/m1/s1. The van der Waals surface area contributed by atoms with Crippen LogP contribution < -0.4 is 5.32 Å². The van der Waals surface area contributed by atoms with E-state index in [1.165, 1.54) is 0 Å². The van der Waals surface area contributed by atoms with Crippen LogP contribution in [-0.4, -0.2) is 24.7 Å². The number of hydrogen-bond donors (Lipinski definition) is 1. The van der Waals surface area contributed by atoms with Gasteiger partial charge in [0.25, 0.3) is 0 Å². The van der Waals surface area contributed by atoms with E-state index in [9.17, 15) is 4.79 Å². The number of rotatable bonds is 4. The molecule has 4 heteroatoms. The summed E-state index contributed by atoms with van der Waals surface area (Å²) in [6.07, 6.45) is 2.51. The highest BCUT2D eigenvalue weighted by molar-refractivity contribution is 9.10. The smallest absolute Gasteiger partial charge is 0.224 e. The Labute approximate surface area is 129 Å². The van der Waals surface area contributed by atoms with Crippen molar-refractivity contribution < 1.29 is 9.53 Å². The molecule has 1 heterocycles. The van der Waals surface area contributed by atoms with Crippen LogP contribution in [0.2, 0.25) is 0 Å². The quantitative estimate of drug-likeness (QED) is 0.913. The molecular formula is C16H22BrNO2. The number of carbonyl (C=O) groups is 1. The number of halogens is 1. The predicted octanol–water partition coefficient (Wildman–Crippen LogP) is 3.31. The normalized spacial score (nSPS) is 22.8. The highest BCUT2D eigenvalue weighted by Gasteiger charge is 2.25. The molecule has 0 saturated carbocycles. The Hall–Kier alpha value is -0.870. The van der Waals surface area contributed by atoms with Gasteiger partial charge in [0.2, 0.25) is 5.91 Å². The molecule has 2 atom stereocenters. The summed E-state index contributed by atoms with van der Waals surface area (Å²) >= 11 is 3.48. The van der Waals surface area contributed by atoms with Gasteiger partial charge in [0.05, 0.1) is 12.5 Å². The second kappa shape index (κ2) is 7.23. The number of nitrogens with one attached hydrogen (secondary N) is 1. The Morgan fingerprint density at radius 1 is 1.45 bits per heavy atom. The largest absolute Gasteiger partial charge is 0.378 e. The minimum atomic E-state index is 0.0892. The van der Waals surface area contributed by atoms with Gasteiger partial charge in [0.15, 0.2) is 0 Å². The van der Waals surface area contributed by atoms with Crippen LogP contribution in [0.4, 0.5) is 0 Å². The first-order chi connectivity index (χ1) is 9.56. The van der Waals surface area contributed by atoms with Crippen LogP contribution in [0, 0.1) is 5.92 Å². The molecule has 3 nitrogen and oxygen atoms in total. The zero-order chi connectivity index (χ0) is 14.5. The van der Waals surface area contributed by atoms with Crippen molar-refractivity contribution in [2.75, 3.05) is 6.61 Å². The van der Waals surface area contributed by atoms with E-state index in [2.05, 4.69) is 35.1 Å². The zero-order valence-corrected chi connectivity index (χ0v) is 13.7. The first-order valence-corrected chi connectivity index (χ1v) is 8.00. The monoisotopic (exact) mass is 339 g/mol. The van der Waals surface area contributed by atoms with Gasteiger partial charge in [-0.25, -0.2) is 0 Å². The average molecular weight is 340 g/mol. The molecule has 1 aromatic rings. The topological polar surface area (TPSA) is 38.3 Å². The number of carbonyl (C=O) groups excluding carboxylic acids is 1. The fraction of sp³-hybridized carbons (Fsp3) is 0.562. The zero-order valence-electron chi connectivity index (χ0n) is 12.1. The number of hydrogen-bond acceptors (Lipinski definition) is 2. The summed E-state index contributed by atoms with van der Waals surface area (Å²) in [5.41, 5.74) is 1.03. The molecule has 1 fully saturated rings. The molecule has 1 saturated heterocycles. The molecule has 0 unspecified atom stereocenters. The van der Waals surface area contributed by atoms with Crippen molar-refractivity contribution in [3.63, 3.8) is 0 Å². The van der Waals surface area contributed by atoms with Crippen LogP contribution in [0.15, 0.2) is 28.7 Å². The third-order valence-electron chi connectivity index (χ3n) is 3.73. The Balaban J connectivity index is 1.87. The molecule has 0 bridgehead atoms. The first-order valence-electron chi connectivity index (χ1n) is 7.20. The molecule has 0 aliphatic carbocycles. The van der Waals surface area contributed by atoms with Crippen molar-refractivity contribution in [2.45, 2.75) is 45.3 Å². The van der Waals surface area contributed by atoms with E-state index in [4.69, 9.17) is 4.74 Å². The Kier molecular flexibility index (Phi) is 5.61.